The number of nitrogens with zero attached hydrogens (tertiary/aromatic N) is 1. The minimum Gasteiger partial charge on any atom is -0.462 e. The summed E-state index contributed by atoms with van der Waals surface area (Å²) in [6.07, 6.45) is 2.80. The summed E-state index contributed by atoms with van der Waals surface area (Å²) >= 11 is 5.77. The molecule has 0 radical (unpaired) electrons. The lowest BCUT2D eigenvalue weighted by molar-refractivity contribution is -0.152. The topological polar surface area (TPSA) is 29.5 Å². The average Bonchev–Trinajstić information content (AvgIpc) is 2.69. The summed E-state index contributed by atoms with van der Waals surface area (Å²) in [5.41, 5.74) is 1.95. The number of hydrogen-bond acceptors (Lipinski definition) is 3. The van der Waals surface area contributed by atoms with Gasteiger partial charge in [-0.15, -0.1) is 11.6 Å². The van der Waals surface area contributed by atoms with Gasteiger partial charge >= 0.3 is 5.97 Å². The van der Waals surface area contributed by atoms with Crippen LogP contribution in [0.15, 0.2) is 60.7 Å². The number of benzene rings is 2. The zero-order chi connectivity index (χ0) is 18.2. The first kappa shape index (κ1) is 18.9. The number of halogens is 1. The van der Waals surface area contributed by atoms with E-state index in [1.54, 1.807) is 0 Å². The van der Waals surface area contributed by atoms with Gasteiger partial charge in [0.15, 0.2) is 0 Å². The third-order valence-electron chi connectivity index (χ3n) is 4.93. The number of esters is 1. The number of likely N-dealkylation sites (tertiary alicyclic amines) is 1. The van der Waals surface area contributed by atoms with E-state index in [0.29, 0.717) is 5.88 Å². The highest BCUT2D eigenvalue weighted by atomic mass is 35.5. The van der Waals surface area contributed by atoms with Gasteiger partial charge in [0.2, 0.25) is 0 Å². The second kappa shape index (κ2) is 9.75. The smallest absolute Gasteiger partial charge is 0.318 e. The Morgan fingerprint density at radius 3 is 2.04 bits per heavy atom. The number of piperidine rings is 1. The average molecular weight is 372 g/mol. The summed E-state index contributed by atoms with van der Waals surface area (Å²) in [4.78, 5) is 15.4. The lowest BCUT2D eigenvalue weighted by Crippen LogP contribution is -2.39. The van der Waals surface area contributed by atoms with Crippen molar-refractivity contribution in [2.45, 2.75) is 31.3 Å². The Hall–Kier alpha value is -1.84. The first-order valence-electron chi connectivity index (χ1n) is 9.36. The lowest BCUT2D eigenvalue weighted by atomic mass is 9.91. The van der Waals surface area contributed by atoms with Crippen molar-refractivity contribution in [1.82, 2.24) is 4.90 Å². The fourth-order valence-corrected chi connectivity index (χ4v) is 3.64. The number of alkyl halides is 1. The van der Waals surface area contributed by atoms with Gasteiger partial charge < -0.3 is 9.64 Å². The molecule has 2 aromatic carbocycles. The van der Waals surface area contributed by atoms with Gasteiger partial charge in [-0.05, 0) is 36.9 Å². The van der Waals surface area contributed by atoms with Crippen molar-refractivity contribution < 1.29 is 9.53 Å². The van der Waals surface area contributed by atoms with Crippen LogP contribution in [0, 0.1) is 0 Å². The van der Waals surface area contributed by atoms with E-state index in [0.717, 1.165) is 50.0 Å². The van der Waals surface area contributed by atoms with Crippen molar-refractivity contribution in [1.29, 1.82) is 0 Å². The third-order valence-corrected chi connectivity index (χ3v) is 5.19. The highest BCUT2D eigenvalue weighted by Crippen LogP contribution is 2.27. The number of rotatable bonds is 7. The number of ether oxygens (including phenoxy) is 1. The summed E-state index contributed by atoms with van der Waals surface area (Å²) < 4.78 is 5.92. The molecule has 4 heteroatoms. The molecule has 0 saturated carbocycles. The molecule has 3 nitrogen and oxygen atoms in total. The zero-order valence-corrected chi connectivity index (χ0v) is 15.8. The fourth-order valence-electron chi connectivity index (χ4n) is 3.52. The molecule has 1 saturated heterocycles. The molecule has 0 amide bonds. The van der Waals surface area contributed by atoms with Crippen LogP contribution in [0.25, 0.3) is 0 Å². The van der Waals surface area contributed by atoms with Crippen molar-refractivity contribution >= 4 is 17.6 Å². The molecule has 0 unspecified atom stereocenters. The minimum absolute atomic E-state index is 0.00433. The summed E-state index contributed by atoms with van der Waals surface area (Å²) in [6, 6.07) is 19.8. The van der Waals surface area contributed by atoms with Gasteiger partial charge in [-0.3, -0.25) is 4.79 Å². The predicted octanol–water partition coefficient (Wildman–Crippen LogP) is 4.46. The van der Waals surface area contributed by atoms with Crippen LogP contribution in [0.1, 0.15) is 36.3 Å². The molecular weight excluding hydrogens is 346 g/mol. The van der Waals surface area contributed by atoms with E-state index in [9.17, 15) is 4.79 Å². The second-order valence-electron chi connectivity index (χ2n) is 6.77. The van der Waals surface area contributed by atoms with E-state index in [2.05, 4.69) is 4.90 Å². The molecule has 2 aromatic rings. The molecular formula is C22H26ClNO2. The van der Waals surface area contributed by atoms with Crippen molar-refractivity contribution in [3.05, 3.63) is 71.8 Å². The molecule has 1 heterocycles. The molecule has 3 rings (SSSR count). The Kier molecular flexibility index (Phi) is 7.10. The Labute approximate surface area is 160 Å². The lowest BCUT2D eigenvalue weighted by Gasteiger charge is -2.32. The highest BCUT2D eigenvalue weighted by molar-refractivity contribution is 6.17. The van der Waals surface area contributed by atoms with Crippen LogP contribution in [0.4, 0.5) is 0 Å². The molecule has 0 spiro atoms. The van der Waals surface area contributed by atoms with Crippen LogP contribution < -0.4 is 0 Å². The Morgan fingerprint density at radius 1 is 1.00 bits per heavy atom. The maximum atomic E-state index is 13.0. The van der Waals surface area contributed by atoms with Crippen molar-refractivity contribution in [3.63, 3.8) is 0 Å². The maximum Gasteiger partial charge on any atom is 0.318 e. The van der Waals surface area contributed by atoms with Gasteiger partial charge in [0.25, 0.3) is 0 Å². The molecule has 1 fully saturated rings. The van der Waals surface area contributed by atoms with Crippen molar-refractivity contribution in [2.24, 2.45) is 0 Å². The van der Waals surface area contributed by atoms with Crippen LogP contribution in [0.5, 0.6) is 0 Å². The molecule has 1 aliphatic rings. The van der Waals surface area contributed by atoms with Gasteiger partial charge in [0.1, 0.15) is 12.0 Å². The van der Waals surface area contributed by atoms with Gasteiger partial charge in [-0.1, -0.05) is 60.7 Å². The monoisotopic (exact) mass is 371 g/mol. The van der Waals surface area contributed by atoms with Gasteiger partial charge in [-0.25, -0.2) is 0 Å². The SMILES string of the molecule is O=C(OC1CCN(CCCCl)CC1)C(c1ccccc1)c1ccccc1. The van der Waals surface area contributed by atoms with Crippen LogP contribution in [-0.4, -0.2) is 42.5 Å². The first-order valence-corrected chi connectivity index (χ1v) is 9.90. The molecule has 0 bridgehead atoms. The molecule has 0 aliphatic carbocycles. The van der Waals surface area contributed by atoms with Gasteiger partial charge in [-0.2, -0.15) is 0 Å². The summed E-state index contributed by atoms with van der Waals surface area (Å²) in [5.74, 6) is 0.179. The van der Waals surface area contributed by atoms with E-state index in [4.69, 9.17) is 16.3 Å². The molecule has 0 N–H and O–H groups in total. The molecule has 0 aromatic heterocycles. The van der Waals surface area contributed by atoms with Gasteiger partial charge in [0, 0.05) is 19.0 Å². The standard InChI is InChI=1S/C22H26ClNO2/c23-14-7-15-24-16-12-20(13-17-24)26-22(25)21(18-8-3-1-4-9-18)19-10-5-2-6-11-19/h1-6,8-11,20-21H,7,12-17H2. The van der Waals surface area contributed by atoms with E-state index < -0.39 is 0 Å². The van der Waals surface area contributed by atoms with E-state index in [1.807, 2.05) is 60.7 Å². The molecule has 0 atom stereocenters. The number of hydrogen-bond donors (Lipinski definition) is 0. The largest absolute Gasteiger partial charge is 0.462 e. The molecule has 26 heavy (non-hydrogen) atoms. The fraction of sp³-hybridized carbons (Fsp3) is 0.409. The van der Waals surface area contributed by atoms with Gasteiger partial charge in [0.05, 0.1) is 0 Å². The van der Waals surface area contributed by atoms with Crippen molar-refractivity contribution in [3.8, 4) is 0 Å². The summed E-state index contributed by atoms with van der Waals surface area (Å²) in [7, 11) is 0. The normalized spacial score (nSPS) is 15.9. The Balaban J connectivity index is 1.66. The molecule has 1 aliphatic heterocycles. The quantitative estimate of drug-likeness (QED) is 0.531. The van der Waals surface area contributed by atoms with Crippen LogP contribution in [0.3, 0.4) is 0 Å². The van der Waals surface area contributed by atoms with Crippen LogP contribution in [0.2, 0.25) is 0 Å². The van der Waals surface area contributed by atoms with Crippen molar-refractivity contribution in [2.75, 3.05) is 25.5 Å². The number of carbonyl (C=O) groups is 1. The minimum atomic E-state index is -0.369. The summed E-state index contributed by atoms with van der Waals surface area (Å²) in [6.45, 7) is 2.97. The summed E-state index contributed by atoms with van der Waals surface area (Å²) in [5, 5.41) is 0. The maximum absolute atomic E-state index is 13.0. The third kappa shape index (κ3) is 5.09. The van der Waals surface area contributed by atoms with E-state index in [1.165, 1.54) is 0 Å². The van der Waals surface area contributed by atoms with Crippen LogP contribution in [-0.2, 0) is 9.53 Å². The van der Waals surface area contributed by atoms with E-state index in [-0.39, 0.29) is 18.0 Å². The Morgan fingerprint density at radius 2 is 1.54 bits per heavy atom. The predicted molar refractivity (Wildman–Crippen MR) is 106 cm³/mol. The molecule has 138 valence electrons. The zero-order valence-electron chi connectivity index (χ0n) is 15.0. The van der Waals surface area contributed by atoms with Crippen LogP contribution >= 0.6 is 11.6 Å². The second-order valence-corrected chi connectivity index (χ2v) is 7.15. The Bertz CT molecular complexity index is 630. The number of carbonyl (C=O) groups excluding carboxylic acids is 1. The first-order chi connectivity index (χ1) is 12.8. The van der Waals surface area contributed by atoms with E-state index >= 15 is 0 Å². The highest BCUT2D eigenvalue weighted by Gasteiger charge is 2.28.